The van der Waals surface area contributed by atoms with Crippen molar-refractivity contribution >= 4 is 17.7 Å². The number of fused-ring (bicyclic) bond motifs is 1. The fourth-order valence-electron chi connectivity index (χ4n) is 2.55. The van der Waals surface area contributed by atoms with Crippen molar-refractivity contribution in [3.63, 3.8) is 0 Å². The number of carbonyl (C=O) groups is 2. The maximum Gasteiger partial charge on any atom is 0.327 e. The van der Waals surface area contributed by atoms with Gasteiger partial charge in [-0.05, 0) is 18.1 Å². The Bertz CT molecular complexity index is 532. The first kappa shape index (κ1) is 15.3. The molecule has 1 atom stereocenters. The SMILES string of the molecule is COCCCN(C)C(=O)N1c2ccccc2CC1C(=O)O. The molecule has 1 aromatic carbocycles. The van der Waals surface area contributed by atoms with E-state index in [9.17, 15) is 14.7 Å². The van der Waals surface area contributed by atoms with E-state index in [1.807, 2.05) is 18.2 Å². The predicted octanol–water partition coefficient (Wildman–Crippen LogP) is 1.59. The first-order chi connectivity index (χ1) is 10.1. The minimum absolute atomic E-state index is 0.288. The van der Waals surface area contributed by atoms with Crippen molar-refractivity contribution in [3.05, 3.63) is 29.8 Å². The molecule has 0 aromatic heterocycles. The van der Waals surface area contributed by atoms with E-state index in [1.165, 1.54) is 9.80 Å². The zero-order valence-electron chi connectivity index (χ0n) is 12.3. The minimum atomic E-state index is -0.982. The summed E-state index contributed by atoms with van der Waals surface area (Å²) in [7, 11) is 3.29. The second-order valence-electron chi connectivity index (χ2n) is 5.11. The van der Waals surface area contributed by atoms with Crippen LogP contribution in [-0.2, 0) is 16.0 Å². The normalized spacial score (nSPS) is 16.7. The first-order valence-electron chi connectivity index (χ1n) is 6.90. The average molecular weight is 292 g/mol. The quantitative estimate of drug-likeness (QED) is 0.837. The van der Waals surface area contributed by atoms with Crippen molar-refractivity contribution < 1.29 is 19.4 Å². The van der Waals surface area contributed by atoms with Gasteiger partial charge < -0.3 is 14.7 Å². The van der Waals surface area contributed by atoms with Gasteiger partial charge in [0.05, 0.1) is 0 Å². The van der Waals surface area contributed by atoms with E-state index in [0.717, 1.165) is 5.56 Å². The lowest BCUT2D eigenvalue weighted by atomic mass is 10.1. The van der Waals surface area contributed by atoms with Gasteiger partial charge in [0.2, 0.25) is 0 Å². The third kappa shape index (κ3) is 3.16. The third-order valence-electron chi connectivity index (χ3n) is 3.64. The molecule has 1 aromatic rings. The van der Waals surface area contributed by atoms with Gasteiger partial charge in [0, 0.05) is 39.4 Å². The number of rotatable bonds is 5. The second kappa shape index (κ2) is 6.58. The Balaban J connectivity index is 2.18. The summed E-state index contributed by atoms with van der Waals surface area (Å²) in [5, 5.41) is 9.37. The van der Waals surface area contributed by atoms with Crippen LogP contribution >= 0.6 is 0 Å². The van der Waals surface area contributed by atoms with Crippen molar-refractivity contribution in [2.75, 3.05) is 32.2 Å². The molecule has 2 rings (SSSR count). The van der Waals surface area contributed by atoms with Crippen LogP contribution < -0.4 is 4.90 Å². The van der Waals surface area contributed by atoms with Gasteiger partial charge in [0.25, 0.3) is 0 Å². The van der Waals surface area contributed by atoms with Crippen LogP contribution in [0.25, 0.3) is 0 Å². The molecule has 2 amide bonds. The Morgan fingerprint density at radius 3 is 2.81 bits per heavy atom. The number of anilines is 1. The molecule has 1 heterocycles. The maximum atomic E-state index is 12.6. The van der Waals surface area contributed by atoms with E-state index in [4.69, 9.17) is 4.74 Å². The highest BCUT2D eigenvalue weighted by Crippen LogP contribution is 2.32. The van der Waals surface area contributed by atoms with Gasteiger partial charge in [-0.15, -0.1) is 0 Å². The summed E-state index contributed by atoms with van der Waals surface area (Å²) in [5.74, 6) is -0.982. The number of nitrogens with zero attached hydrogens (tertiary/aromatic N) is 2. The van der Waals surface area contributed by atoms with Crippen LogP contribution in [0.3, 0.4) is 0 Å². The van der Waals surface area contributed by atoms with E-state index in [-0.39, 0.29) is 6.03 Å². The summed E-state index contributed by atoms with van der Waals surface area (Å²) in [4.78, 5) is 26.9. The van der Waals surface area contributed by atoms with Gasteiger partial charge in [0.15, 0.2) is 0 Å². The molecular weight excluding hydrogens is 272 g/mol. The molecular formula is C15H20N2O4. The molecule has 1 unspecified atom stereocenters. The summed E-state index contributed by atoms with van der Waals surface area (Å²) in [6, 6.07) is 6.20. The van der Waals surface area contributed by atoms with E-state index >= 15 is 0 Å². The van der Waals surface area contributed by atoms with Gasteiger partial charge >= 0.3 is 12.0 Å². The number of hydrogen-bond acceptors (Lipinski definition) is 3. The standard InChI is InChI=1S/C15H20N2O4/c1-16(8-5-9-21-2)15(20)17-12-7-4-3-6-11(12)10-13(17)14(18)19/h3-4,6-7,13H,5,8-10H2,1-2H3,(H,18,19). The number of amides is 2. The molecule has 0 fully saturated rings. The summed E-state index contributed by atoms with van der Waals surface area (Å²) in [6.07, 6.45) is 1.06. The first-order valence-corrected chi connectivity index (χ1v) is 6.90. The van der Waals surface area contributed by atoms with Crippen molar-refractivity contribution in [1.29, 1.82) is 0 Å². The van der Waals surface area contributed by atoms with Crippen LogP contribution in [0.5, 0.6) is 0 Å². The van der Waals surface area contributed by atoms with Crippen LogP contribution in [-0.4, -0.2) is 55.4 Å². The maximum absolute atomic E-state index is 12.6. The summed E-state index contributed by atoms with van der Waals surface area (Å²) < 4.78 is 4.97. The molecule has 1 N–H and O–H groups in total. The molecule has 0 saturated heterocycles. The van der Waals surface area contributed by atoms with Crippen molar-refractivity contribution in [1.82, 2.24) is 4.90 Å². The Hall–Kier alpha value is -2.08. The van der Waals surface area contributed by atoms with Crippen LogP contribution in [0.15, 0.2) is 24.3 Å². The molecule has 1 aliphatic heterocycles. The summed E-state index contributed by atoms with van der Waals surface area (Å²) in [5.41, 5.74) is 1.58. The number of carboxylic acid groups (broad SMARTS) is 1. The van der Waals surface area contributed by atoms with Gasteiger partial charge in [0.1, 0.15) is 6.04 Å². The lowest BCUT2D eigenvalue weighted by Crippen LogP contribution is -2.48. The summed E-state index contributed by atoms with van der Waals surface area (Å²) >= 11 is 0. The second-order valence-corrected chi connectivity index (χ2v) is 5.11. The molecule has 1 aliphatic rings. The number of ether oxygens (including phenoxy) is 1. The molecule has 0 aliphatic carbocycles. The fourth-order valence-corrected chi connectivity index (χ4v) is 2.55. The number of methoxy groups -OCH3 is 1. The van der Waals surface area contributed by atoms with Crippen LogP contribution in [0.1, 0.15) is 12.0 Å². The third-order valence-corrected chi connectivity index (χ3v) is 3.64. The molecule has 21 heavy (non-hydrogen) atoms. The number of carbonyl (C=O) groups excluding carboxylic acids is 1. The predicted molar refractivity (Wildman–Crippen MR) is 78.6 cm³/mol. The minimum Gasteiger partial charge on any atom is -0.480 e. The highest BCUT2D eigenvalue weighted by molar-refractivity contribution is 6.00. The van der Waals surface area contributed by atoms with Gasteiger partial charge in [-0.1, -0.05) is 18.2 Å². The van der Waals surface area contributed by atoms with Gasteiger partial charge in [-0.2, -0.15) is 0 Å². The number of aliphatic carboxylic acids is 1. The van der Waals surface area contributed by atoms with Crippen molar-refractivity contribution in [3.8, 4) is 0 Å². The summed E-state index contributed by atoms with van der Waals surface area (Å²) in [6.45, 7) is 1.09. The zero-order valence-corrected chi connectivity index (χ0v) is 12.3. The van der Waals surface area contributed by atoms with E-state index in [1.54, 1.807) is 20.2 Å². The van der Waals surface area contributed by atoms with Gasteiger partial charge in [-0.3, -0.25) is 4.90 Å². The van der Waals surface area contributed by atoms with E-state index in [2.05, 4.69) is 0 Å². The van der Waals surface area contributed by atoms with Crippen LogP contribution in [0.2, 0.25) is 0 Å². The molecule has 0 radical (unpaired) electrons. The monoisotopic (exact) mass is 292 g/mol. The average Bonchev–Trinajstić information content (AvgIpc) is 2.86. The number of carboxylic acids is 1. The molecule has 0 bridgehead atoms. The topological polar surface area (TPSA) is 70.1 Å². The molecule has 6 heteroatoms. The Labute approximate surface area is 123 Å². The molecule has 6 nitrogen and oxygen atoms in total. The smallest absolute Gasteiger partial charge is 0.327 e. The number of benzene rings is 1. The lowest BCUT2D eigenvalue weighted by molar-refractivity contribution is -0.138. The molecule has 114 valence electrons. The van der Waals surface area contributed by atoms with Crippen LogP contribution in [0, 0.1) is 0 Å². The molecule has 0 saturated carbocycles. The van der Waals surface area contributed by atoms with Crippen molar-refractivity contribution in [2.45, 2.75) is 18.9 Å². The lowest BCUT2D eigenvalue weighted by Gasteiger charge is -2.28. The highest BCUT2D eigenvalue weighted by Gasteiger charge is 2.39. The van der Waals surface area contributed by atoms with Crippen molar-refractivity contribution in [2.24, 2.45) is 0 Å². The highest BCUT2D eigenvalue weighted by atomic mass is 16.5. The Morgan fingerprint density at radius 1 is 1.43 bits per heavy atom. The number of hydrogen-bond donors (Lipinski definition) is 1. The molecule has 0 spiro atoms. The number of para-hydroxylation sites is 1. The van der Waals surface area contributed by atoms with Gasteiger partial charge in [-0.25, -0.2) is 9.59 Å². The fraction of sp³-hybridized carbons (Fsp3) is 0.467. The number of urea groups is 1. The van der Waals surface area contributed by atoms with Crippen LogP contribution in [0.4, 0.5) is 10.5 Å². The Kier molecular flexibility index (Phi) is 4.80. The van der Waals surface area contributed by atoms with E-state index in [0.29, 0.717) is 31.7 Å². The largest absolute Gasteiger partial charge is 0.480 e. The van der Waals surface area contributed by atoms with E-state index < -0.39 is 12.0 Å². The Morgan fingerprint density at radius 2 is 2.14 bits per heavy atom. The zero-order chi connectivity index (χ0) is 15.4.